The average Bonchev–Trinajstić information content (AvgIpc) is 3.38. The Hall–Kier alpha value is -3.11. The third-order valence-electron chi connectivity index (χ3n) is 8.06. The van der Waals surface area contributed by atoms with Gasteiger partial charge in [0.05, 0.1) is 31.4 Å². The van der Waals surface area contributed by atoms with E-state index >= 15 is 0 Å². The van der Waals surface area contributed by atoms with Crippen LogP contribution in [0.3, 0.4) is 0 Å². The summed E-state index contributed by atoms with van der Waals surface area (Å²) in [5, 5.41) is 41.4. The fourth-order valence-corrected chi connectivity index (χ4v) is 6.19. The topological polar surface area (TPSA) is 245 Å². The number of aromatic nitrogens is 8. The number of nitrogens with one attached hydrogen (secondary N) is 2. The fraction of sp³-hybridized carbons (Fsp3) is 0.692. The minimum absolute atomic E-state index is 0.158. The monoisotopic (exact) mass is 649 g/mol. The van der Waals surface area contributed by atoms with Gasteiger partial charge in [-0.25, -0.2) is 14.6 Å². The minimum Gasteiger partial charge on any atom is -0.387 e. The summed E-state index contributed by atoms with van der Waals surface area (Å²) in [7, 11) is -3.79. The number of ether oxygens (including phenoxy) is 4. The van der Waals surface area contributed by atoms with Gasteiger partial charge in [0, 0.05) is 19.1 Å². The summed E-state index contributed by atoms with van der Waals surface area (Å²) in [6.07, 6.45) is 2.54. The maximum Gasteiger partial charge on any atom is 0.361 e. The molecule has 2 aliphatic carbocycles. The molecular weight excluding hydrogens is 613 g/mol. The highest BCUT2D eigenvalue weighted by molar-refractivity contribution is 7.53. The number of hydrogen-bond donors (Lipinski definition) is 6. The lowest BCUT2D eigenvalue weighted by atomic mass is 10.1. The van der Waals surface area contributed by atoms with Gasteiger partial charge < -0.3 is 44.3 Å². The van der Waals surface area contributed by atoms with Crippen LogP contribution in [0, 0.1) is 17.8 Å². The molecule has 18 nitrogen and oxygen atoms in total. The number of aromatic amines is 1. The Bertz CT molecular complexity index is 1560. The van der Waals surface area contributed by atoms with Crippen molar-refractivity contribution in [1.82, 2.24) is 40.4 Å². The van der Waals surface area contributed by atoms with Crippen molar-refractivity contribution in [2.45, 2.75) is 81.1 Å². The Morgan fingerprint density at radius 1 is 1.18 bits per heavy atom. The molecule has 4 heterocycles. The van der Waals surface area contributed by atoms with Crippen molar-refractivity contribution in [3.05, 3.63) is 17.8 Å². The predicted octanol–water partition coefficient (Wildman–Crippen LogP) is -0.172. The molecule has 244 valence electrons. The summed E-state index contributed by atoms with van der Waals surface area (Å²) in [5.74, 6) is 7.60. The van der Waals surface area contributed by atoms with E-state index in [-0.39, 0.29) is 18.5 Å². The van der Waals surface area contributed by atoms with Crippen LogP contribution in [-0.2, 0) is 30.1 Å². The largest absolute Gasteiger partial charge is 0.387 e. The highest BCUT2D eigenvalue weighted by Crippen LogP contribution is 2.52. The van der Waals surface area contributed by atoms with Crippen molar-refractivity contribution in [1.29, 1.82) is 0 Å². The van der Waals surface area contributed by atoms with Crippen molar-refractivity contribution in [3.8, 4) is 11.8 Å². The van der Waals surface area contributed by atoms with Crippen molar-refractivity contribution in [3.63, 3.8) is 0 Å². The first-order chi connectivity index (χ1) is 21.7. The van der Waals surface area contributed by atoms with Gasteiger partial charge in [-0.2, -0.15) is 10.3 Å². The smallest absolute Gasteiger partial charge is 0.361 e. The van der Waals surface area contributed by atoms with Gasteiger partial charge in [0.1, 0.15) is 30.7 Å². The summed E-state index contributed by atoms with van der Waals surface area (Å²) >= 11 is 0. The number of H-pyrrole nitrogens is 1. The number of aliphatic hydroxyl groups is 2. The van der Waals surface area contributed by atoms with E-state index in [0.717, 1.165) is 38.5 Å². The first kappa shape index (κ1) is 31.9. The number of tetrazole rings is 1. The molecule has 3 aliphatic rings. The molecule has 3 aromatic rings. The van der Waals surface area contributed by atoms with Crippen LogP contribution in [0.15, 0.2) is 6.20 Å². The zero-order chi connectivity index (χ0) is 31.6. The maximum absolute atomic E-state index is 12.6. The standard InChI is InChI=1S/C26H36N9O9P/c1-41-13-26(45(38,39)40,14-42-12-20-31-33-34-32-20)43-11-18-21(36)22(37)25(44-18)35-24-17(10-27-35)23(28-16-4-2-3-5-16)29-19(30-24)9-8-15-6-7-15/h10,15-16,18,21-22,25,36-37H,2-7,11-14H2,1H3,(H,28,29,30)(H2,38,39,40)(H,31,32,33,34)/t18-,21-,22-,25-,26?/m1/s1. The summed E-state index contributed by atoms with van der Waals surface area (Å²) in [6.45, 7) is -1.92. The van der Waals surface area contributed by atoms with E-state index in [1.54, 1.807) is 6.20 Å². The van der Waals surface area contributed by atoms with Crippen LogP contribution < -0.4 is 5.32 Å². The molecule has 1 saturated heterocycles. The molecule has 0 spiro atoms. The normalized spacial score (nSPS) is 25.4. The van der Waals surface area contributed by atoms with Crippen LogP contribution in [-0.4, -0.2) is 117 Å². The Morgan fingerprint density at radius 2 is 1.98 bits per heavy atom. The zero-order valence-corrected chi connectivity index (χ0v) is 25.4. The number of methoxy groups -OCH3 is 1. The van der Waals surface area contributed by atoms with Crippen LogP contribution >= 0.6 is 7.60 Å². The molecule has 2 saturated carbocycles. The van der Waals surface area contributed by atoms with Crippen LogP contribution in [0.5, 0.6) is 0 Å². The van der Waals surface area contributed by atoms with E-state index in [9.17, 15) is 24.6 Å². The second kappa shape index (κ2) is 13.3. The Balaban J connectivity index is 1.22. The maximum atomic E-state index is 12.6. The zero-order valence-electron chi connectivity index (χ0n) is 24.5. The first-order valence-electron chi connectivity index (χ1n) is 14.7. The third kappa shape index (κ3) is 7.02. The lowest BCUT2D eigenvalue weighted by Gasteiger charge is -2.34. The van der Waals surface area contributed by atoms with Gasteiger partial charge in [0.25, 0.3) is 0 Å². The van der Waals surface area contributed by atoms with Crippen LogP contribution in [0.4, 0.5) is 5.82 Å². The number of anilines is 1. The van der Waals surface area contributed by atoms with Crippen LogP contribution in [0.25, 0.3) is 11.0 Å². The Kier molecular flexibility index (Phi) is 9.43. The van der Waals surface area contributed by atoms with Crippen molar-refractivity contribution in [2.75, 3.05) is 32.2 Å². The van der Waals surface area contributed by atoms with E-state index in [4.69, 9.17) is 18.9 Å². The van der Waals surface area contributed by atoms with Gasteiger partial charge in [-0.3, -0.25) is 4.57 Å². The molecule has 19 heteroatoms. The lowest BCUT2D eigenvalue weighted by Crippen LogP contribution is -2.45. The van der Waals surface area contributed by atoms with E-state index < -0.39 is 57.3 Å². The SMILES string of the molecule is COCC(COCc1nn[nH]n1)(OC[C@H]1O[C@@H](n2ncc3c(NC4CCCC4)nc(C#CC4CC4)nc32)[C@H](O)[C@@H]1O)P(=O)(O)O. The molecule has 3 aromatic heterocycles. The minimum atomic E-state index is -5.04. The molecule has 1 aliphatic heterocycles. The van der Waals surface area contributed by atoms with Gasteiger partial charge in [0.2, 0.25) is 11.2 Å². The molecule has 6 rings (SSSR count). The van der Waals surface area contributed by atoms with Gasteiger partial charge in [0.15, 0.2) is 17.7 Å². The molecule has 3 fully saturated rings. The highest BCUT2D eigenvalue weighted by Gasteiger charge is 2.52. The summed E-state index contributed by atoms with van der Waals surface area (Å²) in [4.78, 5) is 29.8. The molecule has 45 heavy (non-hydrogen) atoms. The molecule has 0 aromatic carbocycles. The van der Waals surface area contributed by atoms with Crippen molar-refractivity contribution >= 4 is 24.4 Å². The second-order valence-electron chi connectivity index (χ2n) is 11.5. The van der Waals surface area contributed by atoms with Gasteiger partial charge in [-0.1, -0.05) is 24.0 Å². The second-order valence-corrected chi connectivity index (χ2v) is 13.4. The Labute approximate surface area is 257 Å². The molecular formula is C26H36N9O9P. The summed E-state index contributed by atoms with van der Waals surface area (Å²) < 4.78 is 36.2. The molecule has 0 amide bonds. The van der Waals surface area contributed by atoms with E-state index in [1.807, 2.05) is 0 Å². The van der Waals surface area contributed by atoms with Gasteiger partial charge in [-0.05, 0) is 31.6 Å². The highest BCUT2D eigenvalue weighted by atomic mass is 31.2. The van der Waals surface area contributed by atoms with Crippen molar-refractivity contribution < 1.29 is 43.5 Å². The molecule has 6 N–H and O–H groups in total. The third-order valence-corrected chi connectivity index (χ3v) is 9.51. The van der Waals surface area contributed by atoms with Crippen LogP contribution in [0.1, 0.15) is 56.4 Å². The van der Waals surface area contributed by atoms with Gasteiger partial charge in [-0.15, -0.1) is 10.2 Å². The number of nitrogens with zero attached hydrogens (tertiary/aromatic N) is 7. The van der Waals surface area contributed by atoms with E-state index in [1.165, 1.54) is 11.8 Å². The first-order valence-corrected chi connectivity index (χ1v) is 16.3. The average molecular weight is 650 g/mol. The number of aliphatic hydroxyl groups excluding tert-OH is 2. The summed E-state index contributed by atoms with van der Waals surface area (Å²) in [5.41, 5.74) is 0.349. The molecule has 1 unspecified atom stereocenters. The van der Waals surface area contributed by atoms with Crippen molar-refractivity contribution in [2.24, 2.45) is 5.92 Å². The van der Waals surface area contributed by atoms with Gasteiger partial charge >= 0.3 is 7.60 Å². The Morgan fingerprint density at radius 3 is 2.67 bits per heavy atom. The van der Waals surface area contributed by atoms with Crippen LogP contribution in [0.2, 0.25) is 0 Å². The molecule has 5 atom stereocenters. The molecule has 0 radical (unpaired) electrons. The van der Waals surface area contributed by atoms with E-state index in [0.29, 0.717) is 28.6 Å². The number of hydrogen-bond acceptors (Lipinski definition) is 14. The molecule has 0 bridgehead atoms. The van der Waals surface area contributed by atoms with E-state index in [2.05, 4.69) is 52.8 Å². The summed E-state index contributed by atoms with van der Waals surface area (Å²) in [6, 6.07) is 0.255. The quantitative estimate of drug-likeness (QED) is 0.104. The predicted molar refractivity (Wildman–Crippen MR) is 153 cm³/mol. The number of fused-ring (bicyclic) bond motifs is 1. The number of rotatable bonds is 13. The fourth-order valence-electron chi connectivity index (χ4n) is 5.39. The lowest BCUT2D eigenvalue weighted by molar-refractivity contribution is -0.135.